The first-order valence-corrected chi connectivity index (χ1v) is 8.93. The summed E-state index contributed by atoms with van der Waals surface area (Å²) < 4.78 is 0. The van der Waals surface area contributed by atoms with Gasteiger partial charge in [0.2, 0.25) is 0 Å². The van der Waals surface area contributed by atoms with E-state index in [4.69, 9.17) is 0 Å². The van der Waals surface area contributed by atoms with Crippen LogP contribution in [0.5, 0.6) is 0 Å². The van der Waals surface area contributed by atoms with Crippen molar-refractivity contribution >= 4 is 22.8 Å². The third kappa shape index (κ3) is 3.68. The van der Waals surface area contributed by atoms with Gasteiger partial charge in [-0.3, -0.25) is 25.7 Å². The zero-order valence-corrected chi connectivity index (χ0v) is 15.2. The van der Waals surface area contributed by atoms with Crippen LogP contribution in [0.4, 0.5) is 17.1 Å². The highest BCUT2D eigenvalue weighted by atomic mass is 16.6. The summed E-state index contributed by atoms with van der Waals surface area (Å²) >= 11 is 0. The van der Waals surface area contributed by atoms with Crippen molar-refractivity contribution in [1.82, 2.24) is 0 Å². The molecule has 0 fully saturated rings. The van der Waals surface area contributed by atoms with Crippen molar-refractivity contribution in [3.8, 4) is 0 Å². The Kier molecular flexibility index (Phi) is 4.74. The van der Waals surface area contributed by atoms with Crippen LogP contribution in [-0.2, 0) is 12.8 Å². The van der Waals surface area contributed by atoms with E-state index in [9.17, 15) is 20.2 Å². The second kappa shape index (κ2) is 7.51. The molecule has 8 heteroatoms. The molecule has 0 saturated carbocycles. The first kappa shape index (κ1) is 18.3. The molecule has 0 bridgehead atoms. The zero-order chi connectivity index (χ0) is 20.4. The zero-order valence-electron chi connectivity index (χ0n) is 15.2. The summed E-state index contributed by atoms with van der Waals surface area (Å²) in [4.78, 5) is 21.0. The Labute approximate surface area is 165 Å². The molecule has 0 aliphatic heterocycles. The third-order valence-corrected chi connectivity index (χ3v) is 4.89. The Balaban J connectivity index is 1.75. The van der Waals surface area contributed by atoms with Gasteiger partial charge >= 0.3 is 5.69 Å². The molecule has 1 aliphatic carbocycles. The molecule has 1 N–H and O–H groups in total. The quantitative estimate of drug-likeness (QED) is 0.524. The summed E-state index contributed by atoms with van der Waals surface area (Å²) in [7, 11) is 0. The Bertz CT molecular complexity index is 1160. The van der Waals surface area contributed by atoms with Gasteiger partial charge in [-0.05, 0) is 29.2 Å². The Morgan fingerprint density at radius 2 is 1.45 bits per heavy atom. The molecule has 0 unspecified atom stereocenters. The standard InChI is InChI=1S/C21H16N4O4/c26-24(27)17-9-10-19(21(13-17)25(28)29)22-23-20-12-15-6-2-1-5-14(15)11-16-7-3-4-8-18(16)20/h1-10,13,22H,11-12H2/b23-20-. The second-order valence-corrected chi connectivity index (χ2v) is 6.67. The van der Waals surface area contributed by atoms with Crippen LogP contribution >= 0.6 is 0 Å². The van der Waals surface area contributed by atoms with Crippen LogP contribution in [0.25, 0.3) is 0 Å². The van der Waals surface area contributed by atoms with Crippen molar-refractivity contribution in [3.05, 3.63) is 109 Å². The first-order valence-electron chi connectivity index (χ1n) is 8.93. The van der Waals surface area contributed by atoms with Crippen molar-refractivity contribution in [2.75, 3.05) is 5.43 Å². The molecule has 3 aromatic rings. The van der Waals surface area contributed by atoms with Crippen molar-refractivity contribution in [3.63, 3.8) is 0 Å². The van der Waals surface area contributed by atoms with Crippen LogP contribution in [0.1, 0.15) is 22.3 Å². The number of benzene rings is 3. The minimum atomic E-state index is -0.666. The highest BCUT2D eigenvalue weighted by molar-refractivity contribution is 6.04. The molecule has 8 nitrogen and oxygen atoms in total. The molecular weight excluding hydrogens is 372 g/mol. The average molecular weight is 388 g/mol. The number of non-ortho nitro benzene ring substituents is 1. The van der Waals surface area contributed by atoms with Gasteiger partial charge in [-0.2, -0.15) is 5.10 Å². The monoisotopic (exact) mass is 388 g/mol. The first-order chi connectivity index (χ1) is 14.0. The van der Waals surface area contributed by atoms with E-state index < -0.39 is 15.5 Å². The molecular formula is C21H16N4O4. The molecule has 144 valence electrons. The molecule has 29 heavy (non-hydrogen) atoms. The lowest BCUT2D eigenvalue weighted by Gasteiger charge is -2.09. The second-order valence-electron chi connectivity index (χ2n) is 6.67. The molecule has 3 aromatic carbocycles. The molecule has 1 aliphatic rings. The molecule has 0 saturated heterocycles. The fraction of sp³-hybridized carbons (Fsp3) is 0.0952. The number of hydrogen-bond acceptors (Lipinski definition) is 6. The van der Waals surface area contributed by atoms with Gasteiger partial charge in [-0.1, -0.05) is 48.5 Å². The Hall–Kier alpha value is -4.07. The molecule has 0 heterocycles. The van der Waals surface area contributed by atoms with E-state index in [2.05, 4.69) is 16.6 Å². The fourth-order valence-corrected chi connectivity index (χ4v) is 3.45. The van der Waals surface area contributed by atoms with E-state index in [1.165, 1.54) is 17.7 Å². The molecule has 0 aromatic heterocycles. The number of anilines is 1. The summed E-state index contributed by atoms with van der Waals surface area (Å²) in [5.41, 5.74) is 7.31. The lowest BCUT2D eigenvalue weighted by Crippen LogP contribution is -2.09. The molecule has 0 spiro atoms. The summed E-state index contributed by atoms with van der Waals surface area (Å²) in [6.45, 7) is 0. The van der Waals surface area contributed by atoms with Gasteiger partial charge in [-0.25, -0.2) is 0 Å². The maximum Gasteiger partial charge on any atom is 0.301 e. The van der Waals surface area contributed by atoms with Gasteiger partial charge in [0, 0.05) is 18.1 Å². The Morgan fingerprint density at radius 1 is 0.793 bits per heavy atom. The average Bonchev–Trinajstić information content (AvgIpc) is 2.88. The van der Waals surface area contributed by atoms with Crippen molar-refractivity contribution in [2.45, 2.75) is 12.8 Å². The van der Waals surface area contributed by atoms with E-state index in [1.54, 1.807) is 0 Å². The van der Waals surface area contributed by atoms with E-state index in [0.29, 0.717) is 6.42 Å². The van der Waals surface area contributed by atoms with Crippen molar-refractivity contribution in [1.29, 1.82) is 0 Å². The number of rotatable bonds is 4. The third-order valence-electron chi connectivity index (χ3n) is 4.89. The highest BCUT2D eigenvalue weighted by Crippen LogP contribution is 2.30. The van der Waals surface area contributed by atoms with Gasteiger partial charge in [0.15, 0.2) is 0 Å². The van der Waals surface area contributed by atoms with E-state index in [-0.39, 0.29) is 11.4 Å². The number of nitro groups is 2. The van der Waals surface area contributed by atoms with Crippen LogP contribution < -0.4 is 5.43 Å². The number of fused-ring (bicyclic) bond motifs is 2. The predicted molar refractivity (Wildman–Crippen MR) is 109 cm³/mol. The smallest absolute Gasteiger partial charge is 0.271 e. The van der Waals surface area contributed by atoms with Crippen molar-refractivity contribution in [2.24, 2.45) is 5.10 Å². The van der Waals surface area contributed by atoms with Gasteiger partial charge in [-0.15, -0.1) is 0 Å². The fourth-order valence-electron chi connectivity index (χ4n) is 3.45. The summed E-state index contributed by atoms with van der Waals surface area (Å²) in [6.07, 6.45) is 1.35. The molecule has 0 radical (unpaired) electrons. The lowest BCUT2D eigenvalue weighted by atomic mass is 10.0. The number of nitrogens with zero attached hydrogens (tertiary/aromatic N) is 3. The highest BCUT2D eigenvalue weighted by Gasteiger charge is 2.21. The summed E-state index contributed by atoms with van der Waals surface area (Å²) in [6, 6.07) is 19.5. The maximum atomic E-state index is 11.4. The van der Waals surface area contributed by atoms with Gasteiger partial charge < -0.3 is 0 Å². The lowest BCUT2D eigenvalue weighted by molar-refractivity contribution is -0.393. The van der Waals surface area contributed by atoms with Crippen LogP contribution in [0.3, 0.4) is 0 Å². The summed E-state index contributed by atoms with van der Waals surface area (Å²) in [5, 5.41) is 26.7. The van der Waals surface area contributed by atoms with Crippen LogP contribution in [0, 0.1) is 20.2 Å². The van der Waals surface area contributed by atoms with Crippen LogP contribution in [-0.4, -0.2) is 15.6 Å². The SMILES string of the molecule is O=[N+]([O-])c1ccc(N/N=C2/Cc3ccccc3Cc3ccccc32)c([N+](=O)[O-])c1. The topological polar surface area (TPSA) is 111 Å². The van der Waals surface area contributed by atoms with Gasteiger partial charge in [0.25, 0.3) is 5.69 Å². The van der Waals surface area contributed by atoms with Gasteiger partial charge in [0.1, 0.15) is 5.69 Å². The number of hydrazone groups is 1. The molecule has 0 amide bonds. The van der Waals surface area contributed by atoms with Crippen LogP contribution in [0.15, 0.2) is 71.8 Å². The minimum Gasteiger partial charge on any atom is -0.271 e. The Morgan fingerprint density at radius 3 is 2.14 bits per heavy atom. The normalized spacial score (nSPS) is 13.9. The van der Waals surface area contributed by atoms with E-state index in [0.717, 1.165) is 34.9 Å². The van der Waals surface area contributed by atoms with Crippen molar-refractivity contribution < 1.29 is 9.85 Å². The number of nitrogens with one attached hydrogen (secondary N) is 1. The molecule has 4 rings (SSSR count). The van der Waals surface area contributed by atoms with Gasteiger partial charge in [0.05, 0.1) is 21.6 Å². The van der Waals surface area contributed by atoms with E-state index in [1.807, 2.05) is 42.5 Å². The summed E-state index contributed by atoms with van der Waals surface area (Å²) in [5.74, 6) is 0. The predicted octanol–water partition coefficient (Wildman–Crippen LogP) is 4.47. The molecule has 0 atom stereocenters. The largest absolute Gasteiger partial charge is 0.301 e. The number of nitro benzene ring substituents is 2. The van der Waals surface area contributed by atoms with E-state index >= 15 is 0 Å². The van der Waals surface area contributed by atoms with Crippen LogP contribution in [0.2, 0.25) is 0 Å². The maximum absolute atomic E-state index is 11.4. The minimum absolute atomic E-state index is 0.100. The number of hydrogen-bond donors (Lipinski definition) is 1.